The van der Waals surface area contributed by atoms with Crippen LogP contribution in [0.25, 0.3) is 0 Å². The van der Waals surface area contributed by atoms with Gasteiger partial charge in [0.05, 0.1) is 11.5 Å². The van der Waals surface area contributed by atoms with Gasteiger partial charge in [-0.05, 0) is 12.1 Å². The standard InChI is InChI=1S/C9H14BNO3S/c1-10-8-2-4-9(5-3-8)15(13,14)11-6-7-12/h2-5,10-12H,6-7H2,1H3. The lowest BCUT2D eigenvalue weighted by molar-refractivity contribution is 0.301. The van der Waals surface area contributed by atoms with Crippen molar-refractivity contribution in [3.8, 4) is 0 Å². The Balaban J connectivity index is 2.86. The fourth-order valence-corrected chi connectivity index (χ4v) is 2.19. The molecule has 0 fully saturated rings. The van der Waals surface area contributed by atoms with Crippen molar-refractivity contribution in [2.45, 2.75) is 11.7 Å². The van der Waals surface area contributed by atoms with E-state index in [9.17, 15) is 8.42 Å². The van der Waals surface area contributed by atoms with Crippen molar-refractivity contribution in [1.82, 2.24) is 4.72 Å². The van der Waals surface area contributed by atoms with Gasteiger partial charge in [0.2, 0.25) is 10.0 Å². The molecular formula is C9H14BNO3S. The molecule has 1 aromatic rings. The molecule has 0 aliphatic rings. The average molecular weight is 227 g/mol. The van der Waals surface area contributed by atoms with Crippen LogP contribution in [0, 0.1) is 0 Å². The number of aliphatic hydroxyl groups excluding tert-OH is 1. The summed E-state index contributed by atoms with van der Waals surface area (Å²) in [7, 11) is -2.58. The topological polar surface area (TPSA) is 66.4 Å². The van der Waals surface area contributed by atoms with Gasteiger partial charge in [-0.1, -0.05) is 24.4 Å². The second-order valence-electron chi connectivity index (χ2n) is 3.12. The molecular weight excluding hydrogens is 213 g/mol. The first kappa shape index (κ1) is 12.2. The number of hydrogen-bond acceptors (Lipinski definition) is 3. The molecule has 0 saturated heterocycles. The molecule has 0 bridgehead atoms. The Morgan fingerprint density at radius 3 is 2.40 bits per heavy atom. The average Bonchev–Trinajstić information content (AvgIpc) is 2.26. The van der Waals surface area contributed by atoms with Crippen LogP contribution < -0.4 is 10.2 Å². The monoisotopic (exact) mass is 227 g/mol. The first-order valence-electron chi connectivity index (χ1n) is 4.79. The van der Waals surface area contributed by atoms with Gasteiger partial charge < -0.3 is 5.11 Å². The molecule has 0 saturated carbocycles. The Labute approximate surface area is 90.6 Å². The Morgan fingerprint density at radius 1 is 1.33 bits per heavy atom. The van der Waals surface area contributed by atoms with Crippen molar-refractivity contribution in [3.63, 3.8) is 0 Å². The van der Waals surface area contributed by atoms with E-state index in [1.54, 1.807) is 24.3 Å². The van der Waals surface area contributed by atoms with E-state index in [-0.39, 0.29) is 18.0 Å². The van der Waals surface area contributed by atoms with Crippen LogP contribution in [0.4, 0.5) is 0 Å². The molecule has 6 heteroatoms. The molecule has 0 amide bonds. The van der Waals surface area contributed by atoms with Gasteiger partial charge in [-0.25, -0.2) is 13.1 Å². The first-order valence-corrected chi connectivity index (χ1v) is 6.28. The summed E-state index contributed by atoms with van der Waals surface area (Å²) in [4.78, 5) is 0.230. The van der Waals surface area contributed by atoms with Crippen LogP contribution in [0.15, 0.2) is 29.2 Å². The summed E-state index contributed by atoms with van der Waals surface area (Å²) >= 11 is 0. The maximum Gasteiger partial charge on any atom is 0.240 e. The summed E-state index contributed by atoms with van der Waals surface area (Å²) in [5.74, 6) is 0. The summed E-state index contributed by atoms with van der Waals surface area (Å²) < 4.78 is 25.4. The molecule has 82 valence electrons. The zero-order chi connectivity index (χ0) is 11.3. The van der Waals surface area contributed by atoms with Crippen LogP contribution in [0.2, 0.25) is 6.82 Å². The number of nitrogens with one attached hydrogen (secondary N) is 1. The lowest BCUT2D eigenvalue weighted by Crippen LogP contribution is -2.27. The molecule has 0 spiro atoms. The molecule has 4 nitrogen and oxygen atoms in total. The van der Waals surface area contributed by atoms with E-state index < -0.39 is 10.0 Å². The summed E-state index contributed by atoms with van der Waals surface area (Å²) in [6.45, 7) is 1.84. The molecule has 0 heterocycles. The van der Waals surface area contributed by atoms with Crippen molar-refractivity contribution < 1.29 is 13.5 Å². The predicted molar refractivity (Wildman–Crippen MR) is 61.4 cm³/mol. The summed E-state index contributed by atoms with van der Waals surface area (Å²) in [6, 6.07) is 6.71. The fraction of sp³-hybridized carbons (Fsp3) is 0.333. The maximum absolute atomic E-state index is 11.6. The molecule has 0 aromatic heterocycles. The largest absolute Gasteiger partial charge is 0.395 e. The Morgan fingerprint density at radius 2 is 1.93 bits per heavy atom. The second kappa shape index (κ2) is 5.30. The third-order valence-electron chi connectivity index (χ3n) is 2.05. The van der Waals surface area contributed by atoms with Crippen molar-refractivity contribution in [2.75, 3.05) is 13.2 Å². The molecule has 0 atom stereocenters. The van der Waals surface area contributed by atoms with Crippen molar-refractivity contribution >= 4 is 22.8 Å². The zero-order valence-electron chi connectivity index (χ0n) is 8.60. The lowest BCUT2D eigenvalue weighted by atomic mass is 9.74. The second-order valence-corrected chi connectivity index (χ2v) is 4.89. The highest BCUT2D eigenvalue weighted by Crippen LogP contribution is 2.05. The number of aliphatic hydroxyl groups is 1. The quantitative estimate of drug-likeness (QED) is 0.638. The van der Waals surface area contributed by atoms with E-state index in [1.165, 1.54) is 0 Å². The minimum atomic E-state index is -3.46. The van der Waals surface area contributed by atoms with Gasteiger partial charge >= 0.3 is 0 Å². The Hall–Kier alpha value is -0.845. The molecule has 0 unspecified atom stereocenters. The van der Waals surface area contributed by atoms with E-state index in [0.29, 0.717) is 0 Å². The van der Waals surface area contributed by atoms with Gasteiger partial charge in [0.25, 0.3) is 0 Å². The minimum Gasteiger partial charge on any atom is -0.395 e. The number of hydrogen-bond donors (Lipinski definition) is 2. The Kier molecular flexibility index (Phi) is 4.32. The molecule has 0 aliphatic carbocycles. The van der Waals surface area contributed by atoms with E-state index in [2.05, 4.69) is 4.72 Å². The van der Waals surface area contributed by atoms with Crippen molar-refractivity contribution in [2.24, 2.45) is 0 Å². The van der Waals surface area contributed by atoms with Crippen LogP contribution >= 0.6 is 0 Å². The fourth-order valence-electron chi connectivity index (χ4n) is 1.17. The third-order valence-corrected chi connectivity index (χ3v) is 3.52. The number of benzene rings is 1. The molecule has 1 aromatic carbocycles. The van der Waals surface area contributed by atoms with E-state index >= 15 is 0 Å². The normalized spacial score (nSPS) is 11.3. The summed E-state index contributed by atoms with van der Waals surface area (Å²) in [5, 5.41) is 8.53. The van der Waals surface area contributed by atoms with E-state index in [1.807, 2.05) is 6.82 Å². The van der Waals surface area contributed by atoms with Crippen LogP contribution in [-0.4, -0.2) is 34.0 Å². The van der Waals surface area contributed by atoms with Gasteiger partial charge in [-0.2, -0.15) is 0 Å². The first-order chi connectivity index (χ1) is 7.10. The number of sulfonamides is 1. The highest BCUT2D eigenvalue weighted by molar-refractivity contribution is 7.89. The predicted octanol–water partition coefficient (Wildman–Crippen LogP) is -0.933. The molecule has 2 N–H and O–H groups in total. The molecule has 1 rings (SSSR count). The van der Waals surface area contributed by atoms with Gasteiger partial charge in [-0.15, -0.1) is 0 Å². The van der Waals surface area contributed by atoms with Crippen LogP contribution in [0.3, 0.4) is 0 Å². The van der Waals surface area contributed by atoms with Gasteiger partial charge in [0.1, 0.15) is 0 Å². The van der Waals surface area contributed by atoms with Crippen LogP contribution in [0.5, 0.6) is 0 Å². The maximum atomic E-state index is 11.6. The van der Waals surface area contributed by atoms with Crippen LogP contribution in [0.1, 0.15) is 0 Å². The van der Waals surface area contributed by atoms with Crippen LogP contribution in [-0.2, 0) is 10.0 Å². The third kappa shape index (κ3) is 3.33. The van der Waals surface area contributed by atoms with Gasteiger partial charge in [0.15, 0.2) is 7.28 Å². The van der Waals surface area contributed by atoms with Crippen molar-refractivity contribution in [1.29, 1.82) is 0 Å². The van der Waals surface area contributed by atoms with Gasteiger partial charge in [0, 0.05) is 6.54 Å². The minimum absolute atomic E-state index is 0.0395. The SMILES string of the molecule is CBc1ccc(S(=O)(=O)NCCO)cc1. The van der Waals surface area contributed by atoms with Gasteiger partial charge in [-0.3, -0.25) is 0 Å². The highest BCUT2D eigenvalue weighted by Gasteiger charge is 2.12. The van der Waals surface area contributed by atoms with E-state index in [4.69, 9.17) is 5.11 Å². The molecule has 0 radical (unpaired) electrons. The smallest absolute Gasteiger partial charge is 0.240 e. The summed E-state index contributed by atoms with van der Waals surface area (Å²) in [5.41, 5.74) is 1.09. The molecule has 15 heavy (non-hydrogen) atoms. The zero-order valence-corrected chi connectivity index (χ0v) is 9.42. The summed E-state index contributed by atoms with van der Waals surface area (Å²) in [6.07, 6.45) is 0. The van der Waals surface area contributed by atoms with E-state index in [0.717, 1.165) is 12.7 Å². The van der Waals surface area contributed by atoms with Crippen molar-refractivity contribution in [3.05, 3.63) is 24.3 Å². The highest BCUT2D eigenvalue weighted by atomic mass is 32.2. The number of rotatable bonds is 5. The molecule has 0 aliphatic heterocycles. The Bertz CT molecular complexity index is 402. The lowest BCUT2D eigenvalue weighted by Gasteiger charge is -2.05.